The van der Waals surface area contributed by atoms with Crippen LogP contribution in [0.25, 0.3) is 0 Å². The lowest BCUT2D eigenvalue weighted by atomic mass is 9.98. The fraction of sp³-hybridized carbons (Fsp3) is 0.533. The van der Waals surface area contributed by atoms with Gasteiger partial charge in [0, 0.05) is 18.2 Å². The normalized spacial score (nSPS) is 15.1. The van der Waals surface area contributed by atoms with Crippen LogP contribution in [0.15, 0.2) is 11.0 Å². The smallest absolute Gasteiger partial charge is 0.254 e. The van der Waals surface area contributed by atoms with E-state index in [9.17, 15) is 13.2 Å². The molecule has 1 aromatic carbocycles. The second kappa shape index (κ2) is 5.42. The Labute approximate surface area is 126 Å². The van der Waals surface area contributed by atoms with Crippen LogP contribution in [0, 0.1) is 20.8 Å². The minimum atomic E-state index is -3.84. The number of hydrogen-bond acceptors (Lipinski definition) is 3. The van der Waals surface area contributed by atoms with Gasteiger partial charge in [-0.05, 0) is 57.2 Å². The summed E-state index contributed by atoms with van der Waals surface area (Å²) in [6, 6.07) is 2.02. The summed E-state index contributed by atoms with van der Waals surface area (Å²) in [7, 11) is -3.84. The summed E-state index contributed by atoms with van der Waals surface area (Å²) in [6.07, 6.45) is 2.04. The standard InChI is InChI=1S/C15H22N2O3S/c1-5-17(12-6-7-12)15(18)13-9(2)8-10(3)14(11(13)4)21(16,19)20/h8,12H,5-7H2,1-4H3,(H2,16,19,20). The summed E-state index contributed by atoms with van der Waals surface area (Å²) in [5, 5.41) is 5.31. The number of carbonyl (C=O) groups is 1. The molecule has 2 N–H and O–H groups in total. The zero-order chi connectivity index (χ0) is 15.9. The van der Waals surface area contributed by atoms with Crippen LogP contribution in [-0.2, 0) is 10.0 Å². The van der Waals surface area contributed by atoms with E-state index >= 15 is 0 Å². The number of hydrogen-bond donors (Lipinski definition) is 1. The topological polar surface area (TPSA) is 80.5 Å². The fourth-order valence-corrected chi connectivity index (χ4v) is 4.07. The predicted octanol–water partition coefficient (Wildman–Crippen LogP) is 1.88. The summed E-state index contributed by atoms with van der Waals surface area (Å²) in [4.78, 5) is 14.7. The van der Waals surface area contributed by atoms with Gasteiger partial charge in [-0.15, -0.1) is 0 Å². The molecule has 0 unspecified atom stereocenters. The van der Waals surface area contributed by atoms with E-state index in [2.05, 4.69) is 0 Å². The van der Waals surface area contributed by atoms with Gasteiger partial charge in [0.05, 0.1) is 4.90 Å². The average molecular weight is 310 g/mol. The van der Waals surface area contributed by atoms with Gasteiger partial charge in [0.15, 0.2) is 0 Å². The lowest BCUT2D eigenvalue weighted by Gasteiger charge is -2.24. The van der Waals surface area contributed by atoms with Crippen LogP contribution < -0.4 is 5.14 Å². The Bertz CT molecular complexity index is 691. The molecule has 6 heteroatoms. The highest BCUT2D eigenvalue weighted by Crippen LogP contribution is 2.31. The highest BCUT2D eigenvalue weighted by molar-refractivity contribution is 7.89. The largest absolute Gasteiger partial charge is 0.336 e. The fourth-order valence-electron chi connectivity index (χ4n) is 3.03. The third kappa shape index (κ3) is 2.96. The molecule has 1 amide bonds. The van der Waals surface area contributed by atoms with Crippen molar-refractivity contribution < 1.29 is 13.2 Å². The molecule has 0 aliphatic heterocycles. The Morgan fingerprint density at radius 1 is 1.29 bits per heavy atom. The Balaban J connectivity index is 2.61. The first-order valence-electron chi connectivity index (χ1n) is 7.13. The first-order valence-corrected chi connectivity index (χ1v) is 8.67. The lowest BCUT2D eigenvalue weighted by molar-refractivity contribution is 0.0751. The van der Waals surface area contributed by atoms with Crippen molar-refractivity contribution in [2.45, 2.75) is 51.5 Å². The molecule has 1 aliphatic rings. The molecule has 1 aromatic rings. The molecule has 0 bridgehead atoms. The van der Waals surface area contributed by atoms with Crippen molar-refractivity contribution in [2.75, 3.05) is 6.54 Å². The highest BCUT2D eigenvalue weighted by atomic mass is 32.2. The molecule has 0 saturated heterocycles. The highest BCUT2D eigenvalue weighted by Gasteiger charge is 2.34. The molecule has 1 aliphatic carbocycles. The maximum atomic E-state index is 12.8. The number of amides is 1. The van der Waals surface area contributed by atoms with Gasteiger partial charge in [-0.2, -0.15) is 0 Å². The molecule has 0 spiro atoms. The third-order valence-electron chi connectivity index (χ3n) is 3.99. The van der Waals surface area contributed by atoms with E-state index in [1.807, 2.05) is 18.7 Å². The van der Waals surface area contributed by atoms with Gasteiger partial charge in [-0.25, -0.2) is 13.6 Å². The van der Waals surface area contributed by atoms with Gasteiger partial charge in [-0.1, -0.05) is 6.07 Å². The molecule has 21 heavy (non-hydrogen) atoms. The first-order chi connectivity index (χ1) is 9.68. The molecule has 5 nitrogen and oxygen atoms in total. The van der Waals surface area contributed by atoms with Crippen molar-refractivity contribution in [1.29, 1.82) is 0 Å². The number of nitrogens with two attached hydrogens (primary N) is 1. The molecule has 0 radical (unpaired) electrons. The second-order valence-electron chi connectivity index (χ2n) is 5.71. The molecule has 1 fully saturated rings. The van der Waals surface area contributed by atoms with Gasteiger partial charge in [0.2, 0.25) is 10.0 Å². The summed E-state index contributed by atoms with van der Waals surface area (Å²) in [6.45, 7) is 7.76. The first kappa shape index (κ1) is 16.0. The summed E-state index contributed by atoms with van der Waals surface area (Å²) in [5.41, 5.74) is 2.30. The van der Waals surface area contributed by atoms with Gasteiger partial charge in [0.1, 0.15) is 0 Å². The van der Waals surface area contributed by atoms with E-state index in [1.54, 1.807) is 19.9 Å². The average Bonchev–Trinajstić information content (AvgIpc) is 3.11. The van der Waals surface area contributed by atoms with E-state index in [0.29, 0.717) is 29.3 Å². The van der Waals surface area contributed by atoms with Crippen LogP contribution in [0.5, 0.6) is 0 Å². The molecular weight excluding hydrogens is 288 g/mol. The maximum Gasteiger partial charge on any atom is 0.254 e. The number of rotatable bonds is 4. The van der Waals surface area contributed by atoms with Crippen LogP contribution >= 0.6 is 0 Å². The van der Waals surface area contributed by atoms with E-state index in [4.69, 9.17) is 5.14 Å². The Morgan fingerprint density at radius 2 is 1.86 bits per heavy atom. The van der Waals surface area contributed by atoms with Gasteiger partial charge in [0.25, 0.3) is 5.91 Å². The number of sulfonamides is 1. The Hall–Kier alpha value is -1.40. The van der Waals surface area contributed by atoms with Crippen molar-refractivity contribution in [1.82, 2.24) is 4.90 Å². The minimum Gasteiger partial charge on any atom is -0.336 e. The lowest BCUT2D eigenvalue weighted by Crippen LogP contribution is -2.34. The van der Waals surface area contributed by atoms with E-state index < -0.39 is 10.0 Å². The van der Waals surface area contributed by atoms with Gasteiger partial charge >= 0.3 is 0 Å². The number of aryl methyl sites for hydroxylation is 2. The van der Waals surface area contributed by atoms with Crippen LogP contribution in [0.3, 0.4) is 0 Å². The predicted molar refractivity (Wildman–Crippen MR) is 81.8 cm³/mol. The van der Waals surface area contributed by atoms with Crippen LogP contribution in [0.2, 0.25) is 0 Å². The Kier molecular flexibility index (Phi) is 4.13. The zero-order valence-corrected chi connectivity index (χ0v) is 13.8. The second-order valence-corrected chi connectivity index (χ2v) is 7.21. The van der Waals surface area contributed by atoms with E-state index in [-0.39, 0.29) is 10.8 Å². The van der Waals surface area contributed by atoms with Gasteiger partial charge in [-0.3, -0.25) is 4.79 Å². The molecule has 0 atom stereocenters. The van der Waals surface area contributed by atoms with Crippen molar-refractivity contribution in [3.05, 3.63) is 28.3 Å². The molecule has 0 heterocycles. The quantitative estimate of drug-likeness (QED) is 0.922. The van der Waals surface area contributed by atoms with Gasteiger partial charge < -0.3 is 4.90 Å². The Morgan fingerprint density at radius 3 is 2.29 bits per heavy atom. The number of primary sulfonamides is 1. The van der Waals surface area contributed by atoms with E-state index in [1.165, 1.54) is 0 Å². The summed E-state index contributed by atoms with van der Waals surface area (Å²) in [5.74, 6) is -0.0973. The minimum absolute atomic E-state index is 0.0725. The van der Waals surface area contributed by atoms with Crippen molar-refractivity contribution in [3.63, 3.8) is 0 Å². The van der Waals surface area contributed by atoms with Crippen LogP contribution in [-0.4, -0.2) is 31.8 Å². The monoisotopic (exact) mass is 310 g/mol. The van der Waals surface area contributed by atoms with Crippen molar-refractivity contribution in [3.8, 4) is 0 Å². The SMILES string of the molecule is CCN(C(=O)c1c(C)cc(C)c(S(N)(=O)=O)c1C)C1CC1. The maximum absolute atomic E-state index is 12.8. The molecule has 116 valence electrons. The summed E-state index contributed by atoms with van der Waals surface area (Å²) >= 11 is 0. The number of nitrogens with zero attached hydrogens (tertiary/aromatic N) is 1. The van der Waals surface area contributed by atoms with Crippen molar-refractivity contribution >= 4 is 15.9 Å². The molecule has 0 aromatic heterocycles. The summed E-state index contributed by atoms with van der Waals surface area (Å²) < 4.78 is 23.6. The van der Waals surface area contributed by atoms with Crippen LogP contribution in [0.1, 0.15) is 46.8 Å². The zero-order valence-electron chi connectivity index (χ0n) is 12.9. The molecule has 2 rings (SSSR count). The van der Waals surface area contributed by atoms with Crippen molar-refractivity contribution in [2.24, 2.45) is 5.14 Å². The molecular formula is C15H22N2O3S. The third-order valence-corrected chi connectivity index (χ3v) is 5.19. The number of benzene rings is 1. The van der Waals surface area contributed by atoms with E-state index in [0.717, 1.165) is 18.4 Å². The molecule has 1 saturated carbocycles. The number of carbonyl (C=O) groups excluding carboxylic acids is 1. The van der Waals surface area contributed by atoms with Crippen LogP contribution in [0.4, 0.5) is 0 Å².